The standard InChI is InChI=1S/C42H56O6/c1-23-19-26-21-28(44)7-10-30(26)39-24(2)22-42(4)34(40(23)39)12-14-36(42)48-38(46)16-15-37(45)47-35-13-11-33-32-8-5-25-20-27(43)6-9-29(25)31(32)17-18-41(33,35)3/h6,9,20-21,23-24,30-36,39-40,43H,5,7-8,10-19,22H2,1-4H3. The smallest absolute Gasteiger partial charge is 0.306 e. The largest absolute Gasteiger partial charge is 0.508 e. The highest BCUT2D eigenvalue weighted by Gasteiger charge is 2.61. The molecule has 0 saturated heterocycles. The van der Waals surface area contributed by atoms with Crippen LogP contribution in [0.25, 0.3) is 0 Å². The van der Waals surface area contributed by atoms with E-state index in [2.05, 4.69) is 33.8 Å². The minimum Gasteiger partial charge on any atom is -0.508 e. The predicted octanol–water partition coefficient (Wildman–Crippen LogP) is 8.49. The van der Waals surface area contributed by atoms with Crippen LogP contribution < -0.4 is 0 Å². The van der Waals surface area contributed by atoms with Crippen molar-refractivity contribution in [3.8, 4) is 5.75 Å². The summed E-state index contributed by atoms with van der Waals surface area (Å²) in [6.07, 6.45) is 14.0. The highest BCUT2D eigenvalue weighted by atomic mass is 16.6. The zero-order valence-corrected chi connectivity index (χ0v) is 29.5. The Bertz CT molecular complexity index is 1510. The van der Waals surface area contributed by atoms with Crippen molar-refractivity contribution in [2.24, 2.45) is 58.2 Å². The monoisotopic (exact) mass is 656 g/mol. The summed E-state index contributed by atoms with van der Waals surface area (Å²) >= 11 is 0. The van der Waals surface area contributed by atoms with E-state index in [1.165, 1.54) is 16.7 Å². The molecular weight excluding hydrogens is 600 g/mol. The minimum absolute atomic E-state index is 0.0191. The topological polar surface area (TPSA) is 89.9 Å². The van der Waals surface area contributed by atoms with Crippen LogP contribution in [0.3, 0.4) is 0 Å². The van der Waals surface area contributed by atoms with E-state index in [9.17, 15) is 19.5 Å². The van der Waals surface area contributed by atoms with Crippen molar-refractivity contribution in [2.45, 2.75) is 136 Å². The maximum absolute atomic E-state index is 13.3. The van der Waals surface area contributed by atoms with Crippen LogP contribution in [0.2, 0.25) is 0 Å². The molecule has 7 aliphatic carbocycles. The molecule has 0 heterocycles. The summed E-state index contributed by atoms with van der Waals surface area (Å²) in [5.41, 5.74) is 4.06. The van der Waals surface area contributed by atoms with Crippen LogP contribution in [0.1, 0.15) is 128 Å². The van der Waals surface area contributed by atoms with E-state index < -0.39 is 0 Å². The van der Waals surface area contributed by atoms with Crippen molar-refractivity contribution in [3.63, 3.8) is 0 Å². The fraction of sp³-hybridized carbons (Fsp3) is 0.738. The van der Waals surface area contributed by atoms with Crippen LogP contribution in [0.5, 0.6) is 5.75 Å². The average molecular weight is 657 g/mol. The number of benzene rings is 1. The van der Waals surface area contributed by atoms with Crippen LogP contribution >= 0.6 is 0 Å². The van der Waals surface area contributed by atoms with Crippen LogP contribution in [0.4, 0.5) is 0 Å². The number of phenolic OH excluding ortho intramolecular Hbond substituents is 1. The fourth-order valence-corrected chi connectivity index (χ4v) is 13.6. The van der Waals surface area contributed by atoms with Crippen LogP contribution in [-0.4, -0.2) is 35.0 Å². The van der Waals surface area contributed by atoms with Gasteiger partial charge in [-0.25, -0.2) is 0 Å². The quantitative estimate of drug-likeness (QED) is 0.320. The molecule has 1 aromatic carbocycles. The number of rotatable bonds is 5. The number of carbonyl (C=O) groups is 3. The molecule has 6 heteroatoms. The first-order chi connectivity index (χ1) is 23.0. The number of fused-ring (bicyclic) bond motifs is 10. The van der Waals surface area contributed by atoms with Gasteiger partial charge in [-0.05, 0) is 153 Å². The Morgan fingerprint density at radius 1 is 0.812 bits per heavy atom. The Balaban J connectivity index is 0.863. The number of hydrogen-bond acceptors (Lipinski definition) is 6. The van der Waals surface area contributed by atoms with E-state index in [0.717, 1.165) is 70.6 Å². The third kappa shape index (κ3) is 5.20. The second-order valence-electron chi connectivity index (χ2n) is 17.9. The van der Waals surface area contributed by atoms with Gasteiger partial charge in [0.2, 0.25) is 0 Å². The molecule has 0 bridgehead atoms. The number of ether oxygens (including phenoxy) is 2. The number of hydrogen-bond donors (Lipinski definition) is 1. The van der Waals surface area contributed by atoms with Gasteiger partial charge in [0.25, 0.3) is 0 Å². The molecule has 5 saturated carbocycles. The maximum atomic E-state index is 13.3. The molecule has 48 heavy (non-hydrogen) atoms. The lowest BCUT2D eigenvalue weighted by molar-refractivity contribution is -0.167. The molecule has 0 amide bonds. The molecule has 13 atom stereocenters. The fourth-order valence-electron chi connectivity index (χ4n) is 13.6. The van der Waals surface area contributed by atoms with Gasteiger partial charge in [0, 0.05) is 17.3 Å². The molecule has 0 aliphatic heterocycles. The van der Waals surface area contributed by atoms with Crippen molar-refractivity contribution in [2.75, 3.05) is 0 Å². The van der Waals surface area contributed by atoms with Crippen molar-refractivity contribution >= 4 is 17.7 Å². The minimum atomic E-state index is -0.263. The maximum Gasteiger partial charge on any atom is 0.306 e. The number of aromatic hydroxyl groups is 1. The molecule has 0 spiro atoms. The SMILES string of the molecule is CC1CC2(C)C(OC(=O)CCC(=O)OC3CCC4C5CCc6cc(O)ccc6C5CCC34C)CCC2C2C(C)CC3=CC(=O)CCC3C12. The Morgan fingerprint density at radius 3 is 2.27 bits per heavy atom. The molecule has 7 aliphatic rings. The van der Waals surface area contributed by atoms with E-state index in [-0.39, 0.29) is 47.8 Å². The lowest BCUT2D eigenvalue weighted by Gasteiger charge is -2.58. The molecule has 6 nitrogen and oxygen atoms in total. The molecule has 13 unspecified atom stereocenters. The first-order valence-electron chi connectivity index (χ1n) is 19.4. The number of phenols is 1. The summed E-state index contributed by atoms with van der Waals surface area (Å²) in [6, 6.07) is 5.92. The average Bonchev–Trinajstić information content (AvgIpc) is 3.54. The van der Waals surface area contributed by atoms with Crippen LogP contribution in [0, 0.1) is 58.2 Å². The van der Waals surface area contributed by atoms with Gasteiger partial charge in [-0.1, -0.05) is 39.3 Å². The normalized spacial score (nSPS) is 44.2. The summed E-state index contributed by atoms with van der Waals surface area (Å²) < 4.78 is 12.5. The molecule has 0 radical (unpaired) electrons. The predicted molar refractivity (Wildman–Crippen MR) is 183 cm³/mol. The van der Waals surface area contributed by atoms with Gasteiger partial charge in [-0.3, -0.25) is 14.4 Å². The van der Waals surface area contributed by atoms with Gasteiger partial charge in [-0.2, -0.15) is 0 Å². The highest BCUT2D eigenvalue weighted by Crippen LogP contribution is 2.65. The summed E-state index contributed by atoms with van der Waals surface area (Å²) in [5, 5.41) is 10.0. The lowest BCUT2D eigenvalue weighted by atomic mass is 9.47. The number of aryl methyl sites for hydroxylation is 1. The number of carbonyl (C=O) groups excluding carboxylic acids is 3. The lowest BCUT2D eigenvalue weighted by Crippen LogP contribution is -2.54. The number of allylic oxidation sites excluding steroid dienone is 1. The first-order valence-corrected chi connectivity index (χ1v) is 19.4. The van der Waals surface area contributed by atoms with Gasteiger partial charge in [0.1, 0.15) is 18.0 Å². The van der Waals surface area contributed by atoms with Crippen molar-refractivity contribution in [1.29, 1.82) is 0 Å². The zero-order valence-electron chi connectivity index (χ0n) is 29.5. The summed E-state index contributed by atoms with van der Waals surface area (Å²) in [4.78, 5) is 38.7. The van der Waals surface area contributed by atoms with Crippen molar-refractivity contribution in [3.05, 3.63) is 41.0 Å². The number of ketones is 1. The third-order valence-corrected chi connectivity index (χ3v) is 15.6. The van der Waals surface area contributed by atoms with Gasteiger partial charge >= 0.3 is 11.9 Å². The van der Waals surface area contributed by atoms with E-state index in [4.69, 9.17) is 9.47 Å². The Morgan fingerprint density at radius 2 is 1.52 bits per heavy atom. The highest BCUT2D eigenvalue weighted by molar-refractivity contribution is 5.91. The van der Waals surface area contributed by atoms with Crippen LogP contribution in [0.15, 0.2) is 29.8 Å². The number of esters is 2. The molecule has 5 fully saturated rings. The van der Waals surface area contributed by atoms with Crippen molar-refractivity contribution in [1.82, 2.24) is 0 Å². The first kappa shape index (κ1) is 32.6. The molecular formula is C42H56O6. The molecule has 0 aromatic heterocycles. The Kier molecular flexibility index (Phi) is 8.15. The van der Waals surface area contributed by atoms with E-state index in [0.29, 0.717) is 71.2 Å². The second kappa shape index (κ2) is 12.0. The molecule has 1 N–H and O–H groups in total. The zero-order chi connectivity index (χ0) is 33.5. The molecule has 260 valence electrons. The second-order valence-corrected chi connectivity index (χ2v) is 17.9. The van der Waals surface area contributed by atoms with E-state index in [1.807, 2.05) is 18.2 Å². The Hall–Kier alpha value is -2.63. The van der Waals surface area contributed by atoms with E-state index >= 15 is 0 Å². The summed E-state index contributed by atoms with van der Waals surface area (Å²) in [6.45, 7) is 9.49. The van der Waals surface area contributed by atoms with E-state index in [1.54, 1.807) is 0 Å². The van der Waals surface area contributed by atoms with Gasteiger partial charge < -0.3 is 14.6 Å². The molecule has 8 rings (SSSR count). The van der Waals surface area contributed by atoms with Crippen molar-refractivity contribution < 1.29 is 29.0 Å². The Labute approximate surface area is 286 Å². The third-order valence-electron chi connectivity index (χ3n) is 15.6. The summed E-state index contributed by atoms with van der Waals surface area (Å²) in [5.74, 6) is 5.16. The van der Waals surface area contributed by atoms with Crippen LogP contribution in [-0.2, 0) is 30.3 Å². The van der Waals surface area contributed by atoms with Gasteiger partial charge in [0.05, 0.1) is 12.8 Å². The summed E-state index contributed by atoms with van der Waals surface area (Å²) in [7, 11) is 0. The molecule has 1 aromatic rings. The van der Waals surface area contributed by atoms with Gasteiger partial charge in [-0.15, -0.1) is 0 Å². The van der Waals surface area contributed by atoms with Gasteiger partial charge in [0.15, 0.2) is 5.78 Å².